The molecule has 0 amide bonds. The Hall–Kier alpha value is -1.72. The summed E-state index contributed by atoms with van der Waals surface area (Å²) in [5.74, 6) is -2.12. The molecule has 6 nitrogen and oxygen atoms in total. The monoisotopic (exact) mass is 462 g/mol. The fourth-order valence-corrected chi connectivity index (χ4v) is 4.54. The Morgan fingerprint density at radius 3 is 2.31 bits per heavy atom. The third kappa shape index (κ3) is 3.64. The number of allylic oxidation sites excluding steroid dienone is 1. The van der Waals surface area contributed by atoms with E-state index in [0.717, 1.165) is 10.0 Å². The van der Waals surface area contributed by atoms with Gasteiger partial charge in [-0.1, -0.05) is 41.9 Å². The lowest BCUT2D eigenvalue weighted by molar-refractivity contribution is -0.394. The number of halogens is 1. The number of carbonyl (C=O) groups excluding carboxylic acids is 1. The molecule has 3 rings (SSSR count). The molecule has 7 heteroatoms. The molecule has 0 spiro atoms. The molecule has 1 aromatic carbocycles. The number of benzene rings is 1. The summed E-state index contributed by atoms with van der Waals surface area (Å²) in [5.41, 5.74) is 5.88. The molecule has 1 aliphatic carbocycles. The van der Waals surface area contributed by atoms with Crippen molar-refractivity contribution in [1.82, 2.24) is 0 Å². The zero-order valence-corrected chi connectivity index (χ0v) is 18.8. The molecule has 2 atom stereocenters. The van der Waals surface area contributed by atoms with E-state index in [1.807, 2.05) is 38.1 Å². The van der Waals surface area contributed by atoms with Crippen molar-refractivity contribution in [1.29, 1.82) is 5.26 Å². The number of nitrogens with two attached hydrogens (primary N) is 1. The summed E-state index contributed by atoms with van der Waals surface area (Å²) in [7, 11) is 0. The Morgan fingerprint density at radius 1 is 1.21 bits per heavy atom. The molecule has 1 aliphatic heterocycles. The van der Waals surface area contributed by atoms with E-state index >= 15 is 0 Å². The van der Waals surface area contributed by atoms with Gasteiger partial charge in [0.25, 0.3) is 0 Å². The minimum Gasteiger partial charge on any atom is -0.441 e. The molecule has 156 valence electrons. The number of nitrogens with zero attached hydrogens (tertiary/aromatic N) is 1. The van der Waals surface area contributed by atoms with Gasteiger partial charge in [0.15, 0.2) is 5.78 Å². The van der Waals surface area contributed by atoms with E-state index in [2.05, 4.69) is 22.0 Å². The van der Waals surface area contributed by atoms with Crippen LogP contribution in [0.1, 0.15) is 52.0 Å². The van der Waals surface area contributed by atoms with E-state index < -0.39 is 17.4 Å². The Bertz CT molecular complexity index is 866. The smallest absolute Gasteiger partial charge is 0.361 e. The standard InChI is InChI=1S/C22H27BrN2O4/c1-5-27-22(28-6-2)21(25,13-24)19(14-7-9-15(23)10-8-14)18-16(26)11-20(3,4)12-17(18)29-22/h7-10,19H,5-6,11-12,25H2,1-4H3. The number of ether oxygens (including phenoxy) is 3. The first-order valence-corrected chi connectivity index (χ1v) is 10.6. The first-order valence-electron chi connectivity index (χ1n) is 9.82. The second-order valence-corrected chi connectivity index (χ2v) is 9.18. The molecule has 0 radical (unpaired) electrons. The highest BCUT2D eigenvalue weighted by atomic mass is 79.9. The number of ketones is 1. The van der Waals surface area contributed by atoms with Crippen molar-refractivity contribution in [2.45, 2.75) is 58.0 Å². The van der Waals surface area contributed by atoms with Crippen LogP contribution in [0.5, 0.6) is 0 Å². The minimum absolute atomic E-state index is 0.0594. The third-order valence-corrected chi connectivity index (χ3v) is 5.97. The van der Waals surface area contributed by atoms with Crippen molar-refractivity contribution in [3.63, 3.8) is 0 Å². The fourth-order valence-electron chi connectivity index (χ4n) is 4.28. The van der Waals surface area contributed by atoms with Gasteiger partial charge in [-0.3, -0.25) is 4.79 Å². The summed E-state index contributed by atoms with van der Waals surface area (Å²) in [6, 6.07) is 9.63. The van der Waals surface area contributed by atoms with Gasteiger partial charge >= 0.3 is 5.97 Å². The number of Topliss-reactive ketones (excluding diaryl/α,β-unsaturated/α-hetero) is 1. The molecule has 0 bridgehead atoms. The molecule has 1 heterocycles. The van der Waals surface area contributed by atoms with Crippen LogP contribution < -0.4 is 5.73 Å². The van der Waals surface area contributed by atoms with Gasteiger partial charge in [-0.05, 0) is 37.0 Å². The molecule has 29 heavy (non-hydrogen) atoms. The first-order chi connectivity index (χ1) is 13.6. The van der Waals surface area contributed by atoms with Gasteiger partial charge in [-0.15, -0.1) is 0 Å². The minimum atomic E-state index is -1.81. The Kier molecular flexibility index (Phi) is 5.94. The van der Waals surface area contributed by atoms with Crippen LogP contribution in [-0.4, -0.2) is 30.5 Å². The maximum Gasteiger partial charge on any atom is 0.361 e. The normalized spacial score (nSPS) is 27.8. The van der Waals surface area contributed by atoms with Gasteiger partial charge in [0, 0.05) is 22.9 Å². The van der Waals surface area contributed by atoms with Gasteiger partial charge in [0.05, 0.1) is 25.2 Å². The highest BCUT2D eigenvalue weighted by molar-refractivity contribution is 9.10. The van der Waals surface area contributed by atoms with Gasteiger partial charge < -0.3 is 19.9 Å². The largest absolute Gasteiger partial charge is 0.441 e. The molecule has 1 aromatic rings. The van der Waals surface area contributed by atoms with Gasteiger partial charge in [-0.25, -0.2) is 0 Å². The van der Waals surface area contributed by atoms with Crippen LogP contribution in [0.2, 0.25) is 0 Å². The van der Waals surface area contributed by atoms with E-state index in [4.69, 9.17) is 19.9 Å². The average Bonchev–Trinajstić information content (AvgIpc) is 2.64. The molecular formula is C22H27BrN2O4. The Morgan fingerprint density at radius 2 is 1.79 bits per heavy atom. The van der Waals surface area contributed by atoms with Crippen LogP contribution in [0.25, 0.3) is 0 Å². The summed E-state index contributed by atoms with van der Waals surface area (Å²) in [5, 5.41) is 10.2. The van der Waals surface area contributed by atoms with Crippen molar-refractivity contribution < 1.29 is 19.0 Å². The van der Waals surface area contributed by atoms with Gasteiger partial charge in [0.2, 0.25) is 5.54 Å². The van der Waals surface area contributed by atoms with Crippen LogP contribution in [0.15, 0.2) is 40.1 Å². The molecule has 2 aliphatic rings. The lowest BCUT2D eigenvalue weighted by atomic mass is 9.65. The average molecular weight is 463 g/mol. The molecule has 0 aromatic heterocycles. The lowest BCUT2D eigenvalue weighted by Crippen LogP contribution is -2.70. The second-order valence-electron chi connectivity index (χ2n) is 8.27. The SMILES string of the molecule is CCOC1(OCC)OC2=C(C(=O)CC(C)(C)C2)C(c2ccc(Br)cc2)C1(N)C#N. The summed E-state index contributed by atoms with van der Waals surface area (Å²) in [6.07, 6.45) is 0.893. The molecular weight excluding hydrogens is 436 g/mol. The van der Waals surface area contributed by atoms with Gasteiger partial charge in [0.1, 0.15) is 5.76 Å². The highest BCUT2D eigenvalue weighted by Gasteiger charge is 2.66. The van der Waals surface area contributed by atoms with Gasteiger partial charge in [-0.2, -0.15) is 5.26 Å². The first kappa shape index (κ1) is 22.0. The Balaban J connectivity index is 2.31. The van der Waals surface area contributed by atoms with E-state index in [1.165, 1.54) is 0 Å². The van der Waals surface area contributed by atoms with Crippen molar-refractivity contribution in [3.8, 4) is 6.07 Å². The van der Waals surface area contributed by atoms with Crippen LogP contribution in [0.4, 0.5) is 0 Å². The molecule has 2 N–H and O–H groups in total. The molecule has 2 unspecified atom stereocenters. The third-order valence-electron chi connectivity index (χ3n) is 5.44. The van der Waals surface area contributed by atoms with E-state index in [-0.39, 0.29) is 24.4 Å². The maximum atomic E-state index is 13.2. The van der Waals surface area contributed by atoms with Crippen LogP contribution in [0, 0.1) is 16.7 Å². The number of nitriles is 1. The number of hydrogen-bond donors (Lipinski definition) is 1. The van der Waals surface area contributed by atoms with Crippen LogP contribution in [-0.2, 0) is 19.0 Å². The van der Waals surface area contributed by atoms with Crippen molar-refractivity contribution in [2.24, 2.45) is 11.1 Å². The fraction of sp³-hybridized carbons (Fsp3) is 0.545. The van der Waals surface area contributed by atoms with Crippen molar-refractivity contribution >= 4 is 21.7 Å². The topological polar surface area (TPSA) is 94.6 Å². The van der Waals surface area contributed by atoms with Crippen molar-refractivity contribution in [2.75, 3.05) is 13.2 Å². The number of hydrogen-bond acceptors (Lipinski definition) is 6. The van der Waals surface area contributed by atoms with Crippen molar-refractivity contribution in [3.05, 3.63) is 45.6 Å². The lowest BCUT2D eigenvalue weighted by Gasteiger charge is -2.52. The second kappa shape index (κ2) is 7.84. The molecule has 0 saturated carbocycles. The van der Waals surface area contributed by atoms with Crippen LogP contribution >= 0.6 is 15.9 Å². The van der Waals surface area contributed by atoms with E-state index in [9.17, 15) is 10.1 Å². The predicted molar refractivity (Wildman–Crippen MR) is 112 cm³/mol. The summed E-state index contributed by atoms with van der Waals surface area (Å²) in [4.78, 5) is 13.2. The van der Waals surface area contributed by atoms with E-state index in [1.54, 1.807) is 13.8 Å². The Labute approximate surface area is 180 Å². The predicted octanol–water partition coefficient (Wildman–Crippen LogP) is 4.15. The zero-order chi connectivity index (χ0) is 21.4. The summed E-state index contributed by atoms with van der Waals surface area (Å²) >= 11 is 3.43. The summed E-state index contributed by atoms with van der Waals surface area (Å²) < 4.78 is 18.9. The molecule has 0 saturated heterocycles. The number of rotatable bonds is 5. The molecule has 0 fully saturated rings. The number of carbonyl (C=O) groups is 1. The highest BCUT2D eigenvalue weighted by Crippen LogP contribution is 2.54. The summed E-state index contributed by atoms with van der Waals surface area (Å²) in [6.45, 7) is 8.07. The zero-order valence-electron chi connectivity index (χ0n) is 17.3. The quantitative estimate of drug-likeness (QED) is 0.660. The van der Waals surface area contributed by atoms with Crippen LogP contribution in [0.3, 0.4) is 0 Å². The van der Waals surface area contributed by atoms with E-state index in [0.29, 0.717) is 24.2 Å². The maximum absolute atomic E-state index is 13.2.